The van der Waals surface area contributed by atoms with Crippen LogP contribution in [0.2, 0.25) is 0 Å². The van der Waals surface area contributed by atoms with Crippen LogP contribution in [0.4, 0.5) is 17.1 Å². The smallest absolute Gasteiger partial charge is 0.335 e. The number of hydrogen-bond donors (Lipinski definition) is 1. The molecule has 3 aliphatic rings. The van der Waals surface area contributed by atoms with E-state index in [2.05, 4.69) is 105 Å². The van der Waals surface area contributed by atoms with E-state index in [0.29, 0.717) is 48.4 Å². The van der Waals surface area contributed by atoms with E-state index in [-0.39, 0.29) is 69.3 Å². The predicted molar refractivity (Wildman–Crippen MR) is 280 cm³/mol. The molecule has 1 saturated heterocycles. The Morgan fingerprint density at radius 1 is 0.753 bits per heavy atom. The van der Waals surface area contributed by atoms with Crippen LogP contribution in [0, 0.1) is 6.92 Å². The van der Waals surface area contributed by atoms with Crippen LogP contribution in [0.5, 0.6) is 0 Å². The highest BCUT2D eigenvalue weighted by Gasteiger charge is 2.41. The van der Waals surface area contributed by atoms with Crippen molar-refractivity contribution in [2.24, 2.45) is 10.3 Å². The van der Waals surface area contributed by atoms with Gasteiger partial charge in [0.15, 0.2) is 0 Å². The Morgan fingerprint density at radius 3 is 1.95 bits per heavy atom. The zero-order valence-electron chi connectivity index (χ0n) is 44.0. The van der Waals surface area contributed by atoms with E-state index >= 15 is 0 Å². The maximum atomic E-state index is 14.5. The second kappa shape index (κ2) is 26.3. The average molecular weight is 1000 g/mol. The molecule has 0 bridgehead atoms. The third-order valence-corrected chi connectivity index (χ3v) is 13.2. The molecule has 1 fully saturated rings. The van der Waals surface area contributed by atoms with Gasteiger partial charge >= 0.3 is 5.97 Å². The number of amides is 4. The van der Waals surface area contributed by atoms with Crippen LogP contribution in [-0.4, -0.2) is 136 Å². The Hall–Kier alpha value is -6.66. The third-order valence-electron chi connectivity index (χ3n) is 13.2. The van der Waals surface area contributed by atoms with Crippen molar-refractivity contribution in [3.05, 3.63) is 117 Å². The lowest BCUT2D eigenvalue weighted by atomic mass is 9.63. The summed E-state index contributed by atoms with van der Waals surface area (Å²) in [6.07, 6.45) is 4.81. The highest BCUT2D eigenvalue weighted by Crippen LogP contribution is 2.52. The van der Waals surface area contributed by atoms with Crippen LogP contribution in [-0.2, 0) is 48.4 Å². The largest absolute Gasteiger partial charge is 0.379 e. The fraction of sp³-hybridized carbons (Fsp3) is 0.464. The number of imide groups is 1. The molecular formula is C56H72N7O10+. The number of hydroxylamine groups is 2. The molecule has 17 heteroatoms. The number of nitrogens with zero attached hydrogens (tertiary/aromatic N) is 6. The standard InChI is InChI=1S/C56H71N7O10/c1-10-61(11-2)48-36-46-44(34-38(48)5)54(45-35-39(6)49(62(12-3)13-4)37-47(45)56(46,7)8)42-16-14-15-17-43(42)55(68)60(9)59-58-41-20-18-40(19-21-41)57-50(64)24-26-69-28-30-71-32-33-72-31-29-70-27-25-53(67)73-63-51(65)22-23-52(63)66/h14-21,34-37H,10-13,22-33H2,1-9H3/p+1. The Labute approximate surface area is 429 Å². The molecule has 17 nitrogen and oxygen atoms in total. The Balaban J connectivity index is 0.988. The van der Waals surface area contributed by atoms with Crippen LogP contribution in [0.15, 0.2) is 99.9 Å². The van der Waals surface area contributed by atoms with Gasteiger partial charge in [-0.25, -0.2) is 14.4 Å². The quantitative estimate of drug-likeness (QED) is 0.0268. The molecule has 0 unspecified atom stereocenters. The van der Waals surface area contributed by atoms with E-state index < -0.39 is 17.8 Å². The van der Waals surface area contributed by atoms with Crippen LogP contribution < -0.4 is 10.2 Å². The Morgan fingerprint density at radius 2 is 1.34 bits per heavy atom. The van der Waals surface area contributed by atoms with E-state index in [4.69, 9.17) is 23.8 Å². The number of hydrogen-bond acceptors (Lipinski definition) is 13. The maximum Gasteiger partial charge on any atom is 0.335 e. The SMILES string of the molecule is CCN(CC)c1cc2c(cc1C)C(c1ccccc1C(=O)N(C)N=Nc1ccc(NC(=O)CCOCCOCCOCCOCCC(=O)ON3C(=O)CCC3=O)cc1)=C1C=C(C)C(=[N+](CC)CC)C=C1C2(C)C. The first-order chi connectivity index (χ1) is 35.1. The van der Waals surface area contributed by atoms with Crippen molar-refractivity contribution < 1.29 is 52.3 Å². The fourth-order valence-electron chi connectivity index (χ4n) is 9.17. The van der Waals surface area contributed by atoms with Gasteiger partial charge in [-0.05, 0) is 129 Å². The second-order valence-corrected chi connectivity index (χ2v) is 18.4. The number of rotatable bonds is 26. The van der Waals surface area contributed by atoms with Crippen molar-refractivity contribution in [3.63, 3.8) is 0 Å². The van der Waals surface area contributed by atoms with Crippen molar-refractivity contribution in [1.82, 2.24) is 10.1 Å². The average Bonchev–Trinajstić information content (AvgIpc) is 3.69. The monoisotopic (exact) mass is 1000 g/mol. The number of nitrogens with one attached hydrogen (secondary N) is 1. The van der Waals surface area contributed by atoms with Crippen molar-refractivity contribution in [2.45, 2.75) is 86.5 Å². The summed E-state index contributed by atoms with van der Waals surface area (Å²) in [6.45, 7) is 23.5. The van der Waals surface area contributed by atoms with Gasteiger partial charge in [0.2, 0.25) is 11.6 Å². The summed E-state index contributed by atoms with van der Waals surface area (Å²) in [5.74, 6) is -2.29. The topological polar surface area (TPSA) is 181 Å². The van der Waals surface area contributed by atoms with Crippen molar-refractivity contribution in [3.8, 4) is 0 Å². The lowest BCUT2D eigenvalue weighted by Crippen LogP contribution is -2.33. The number of fused-ring (bicyclic) bond motifs is 2. The van der Waals surface area contributed by atoms with Gasteiger partial charge in [-0.15, -0.1) is 10.2 Å². The number of benzene rings is 3. The van der Waals surface area contributed by atoms with E-state index in [1.807, 2.05) is 24.3 Å². The highest BCUT2D eigenvalue weighted by atomic mass is 16.7. The first-order valence-corrected chi connectivity index (χ1v) is 25.4. The minimum atomic E-state index is -0.721. The molecule has 0 atom stereocenters. The van der Waals surface area contributed by atoms with Gasteiger partial charge in [0.05, 0.1) is 71.4 Å². The van der Waals surface area contributed by atoms with E-state index in [1.165, 1.54) is 38.7 Å². The van der Waals surface area contributed by atoms with Crippen LogP contribution in [0.1, 0.15) is 107 Å². The van der Waals surface area contributed by atoms with Gasteiger partial charge in [0.1, 0.15) is 13.1 Å². The molecular weight excluding hydrogens is 931 g/mol. The lowest BCUT2D eigenvalue weighted by molar-refractivity contribution is -0.519. The van der Waals surface area contributed by atoms with E-state index in [0.717, 1.165) is 48.5 Å². The summed E-state index contributed by atoms with van der Waals surface area (Å²) < 4.78 is 24.2. The first kappa shape index (κ1) is 55.7. The van der Waals surface area contributed by atoms with E-state index in [1.54, 1.807) is 31.3 Å². The molecule has 3 aromatic rings. The van der Waals surface area contributed by atoms with Gasteiger partial charge in [-0.3, -0.25) is 19.2 Å². The Kier molecular flexibility index (Phi) is 20.1. The molecule has 4 amide bonds. The molecule has 73 heavy (non-hydrogen) atoms. The first-order valence-electron chi connectivity index (χ1n) is 25.4. The van der Waals surface area contributed by atoms with Crippen molar-refractivity contribution >= 4 is 57.9 Å². The minimum absolute atomic E-state index is 0.0402. The number of aryl methyl sites for hydroxylation is 1. The fourth-order valence-corrected chi connectivity index (χ4v) is 9.17. The lowest BCUT2D eigenvalue weighted by Gasteiger charge is -2.41. The van der Waals surface area contributed by atoms with Crippen LogP contribution in [0.3, 0.4) is 0 Å². The van der Waals surface area contributed by atoms with Gasteiger partial charge in [-0.2, -0.15) is 0 Å². The van der Waals surface area contributed by atoms with Gasteiger partial charge in [0, 0.05) is 67.0 Å². The maximum absolute atomic E-state index is 14.5. The number of allylic oxidation sites excluding steroid dienone is 5. The van der Waals surface area contributed by atoms with E-state index in [9.17, 15) is 24.0 Å². The normalized spacial score (nSPS) is 15.0. The molecule has 1 aliphatic heterocycles. The van der Waals surface area contributed by atoms with Gasteiger partial charge in [-0.1, -0.05) is 37.3 Å². The second-order valence-electron chi connectivity index (χ2n) is 18.4. The summed E-state index contributed by atoms with van der Waals surface area (Å²) in [5.41, 5.74) is 12.6. The Bertz CT molecular complexity index is 2640. The molecule has 1 N–H and O–H groups in total. The van der Waals surface area contributed by atoms with Crippen molar-refractivity contribution in [1.29, 1.82) is 0 Å². The number of carbonyl (C=O) groups is 5. The van der Waals surface area contributed by atoms with Crippen LogP contribution >= 0.6 is 0 Å². The third kappa shape index (κ3) is 13.9. The zero-order valence-corrected chi connectivity index (χ0v) is 44.0. The summed E-state index contributed by atoms with van der Waals surface area (Å²) in [5, 5.41) is 13.4. The predicted octanol–water partition coefficient (Wildman–Crippen LogP) is 8.48. The highest BCUT2D eigenvalue weighted by molar-refractivity contribution is 6.11. The molecule has 1 heterocycles. The van der Waals surface area contributed by atoms with Crippen molar-refractivity contribution in [2.75, 3.05) is 96.3 Å². The molecule has 390 valence electrons. The van der Waals surface area contributed by atoms with Gasteiger partial charge in [0.25, 0.3) is 17.7 Å². The number of anilines is 2. The minimum Gasteiger partial charge on any atom is -0.379 e. The molecule has 3 aromatic carbocycles. The summed E-state index contributed by atoms with van der Waals surface area (Å²) in [7, 11) is 1.61. The zero-order chi connectivity index (χ0) is 52.7. The molecule has 0 spiro atoms. The van der Waals surface area contributed by atoms with Crippen LogP contribution in [0.25, 0.3) is 5.57 Å². The molecule has 2 aliphatic carbocycles. The molecule has 0 radical (unpaired) electrons. The number of carbonyl (C=O) groups excluding carboxylic acids is 5. The molecule has 6 rings (SSSR count). The number of ether oxygens (including phenoxy) is 4. The summed E-state index contributed by atoms with van der Waals surface area (Å²) in [6, 6.07) is 19.4. The molecule has 0 aromatic heterocycles. The molecule has 0 saturated carbocycles. The summed E-state index contributed by atoms with van der Waals surface area (Å²) >= 11 is 0. The summed E-state index contributed by atoms with van der Waals surface area (Å²) in [4.78, 5) is 69.1. The van der Waals surface area contributed by atoms with Gasteiger partial charge < -0.3 is 34.0 Å².